The van der Waals surface area contributed by atoms with E-state index in [1.807, 2.05) is 25.1 Å². The van der Waals surface area contributed by atoms with Crippen LogP contribution in [0.2, 0.25) is 0 Å². The Labute approximate surface area is 145 Å². The maximum absolute atomic E-state index is 11.5. The van der Waals surface area contributed by atoms with Crippen molar-refractivity contribution in [3.05, 3.63) is 35.9 Å². The molecule has 3 N–H and O–H groups in total. The number of rotatable bonds is 10. The summed E-state index contributed by atoms with van der Waals surface area (Å²) in [5.41, 5.74) is 1.18. The molecule has 1 aromatic carbocycles. The van der Waals surface area contributed by atoms with Crippen LogP contribution in [0.3, 0.4) is 0 Å². The van der Waals surface area contributed by atoms with Crippen molar-refractivity contribution in [3.63, 3.8) is 0 Å². The van der Waals surface area contributed by atoms with Gasteiger partial charge in [-0.05, 0) is 25.3 Å². The summed E-state index contributed by atoms with van der Waals surface area (Å²) in [6.07, 6.45) is 1.88. The average Bonchev–Trinajstić information content (AvgIpc) is 2.62. The highest BCUT2D eigenvalue weighted by Gasteiger charge is 2.05. The minimum atomic E-state index is -0.0279. The van der Waals surface area contributed by atoms with Gasteiger partial charge in [-0.1, -0.05) is 37.3 Å². The fourth-order valence-electron chi connectivity index (χ4n) is 2.07. The molecule has 6 nitrogen and oxygen atoms in total. The van der Waals surface area contributed by atoms with E-state index in [4.69, 9.17) is 4.74 Å². The maximum atomic E-state index is 11.5. The number of carbonyl (C=O) groups is 1. The Morgan fingerprint density at radius 1 is 1.17 bits per heavy atom. The summed E-state index contributed by atoms with van der Waals surface area (Å²) in [7, 11) is 1.69. The Morgan fingerprint density at radius 2 is 1.92 bits per heavy atom. The Bertz CT molecular complexity index is 491. The summed E-state index contributed by atoms with van der Waals surface area (Å²) in [6, 6.07) is 10.2. The number of nitrogens with zero attached hydrogens (tertiary/aromatic N) is 1. The Hall–Kier alpha value is -2.08. The molecule has 1 amide bonds. The zero-order valence-corrected chi connectivity index (χ0v) is 15.0. The molecule has 0 aliphatic rings. The molecule has 0 aliphatic carbocycles. The second kappa shape index (κ2) is 12.4. The van der Waals surface area contributed by atoms with Gasteiger partial charge in [0.1, 0.15) is 0 Å². The lowest BCUT2D eigenvalue weighted by Gasteiger charge is -2.14. The van der Waals surface area contributed by atoms with Crippen LogP contribution in [0.15, 0.2) is 35.3 Å². The molecule has 0 spiro atoms. The smallest absolute Gasteiger partial charge is 0.239 e. The molecular weight excluding hydrogens is 304 g/mol. The third-order valence-electron chi connectivity index (χ3n) is 3.46. The van der Waals surface area contributed by atoms with Crippen molar-refractivity contribution in [3.8, 4) is 0 Å². The normalized spacial score (nSPS) is 12.5. The minimum absolute atomic E-state index is 0.0279. The number of carbonyl (C=O) groups excluding carboxylic acids is 1. The number of benzene rings is 1. The molecule has 1 rings (SSSR count). The Kier molecular flexibility index (Phi) is 10.3. The lowest BCUT2D eigenvalue weighted by Crippen LogP contribution is -2.43. The third-order valence-corrected chi connectivity index (χ3v) is 3.46. The summed E-state index contributed by atoms with van der Waals surface area (Å²) in [5, 5.41) is 8.97. The molecule has 0 saturated carbocycles. The van der Waals surface area contributed by atoms with E-state index in [-0.39, 0.29) is 18.6 Å². The van der Waals surface area contributed by atoms with Gasteiger partial charge in [-0.3, -0.25) is 9.79 Å². The van der Waals surface area contributed by atoms with Gasteiger partial charge < -0.3 is 20.7 Å². The van der Waals surface area contributed by atoms with Crippen molar-refractivity contribution in [2.45, 2.75) is 32.8 Å². The van der Waals surface area contributed by atoms with Crippen molar-refractivity contribution in [2.75, 3.05) is 33.3 Å². The van der Waals surface area contributed by atoms with Gasteiger partial charge in [-0.15, -0.1) is 0 Å². The van der Waals surface area contributed by atoms with Gasteiger partial charge in [-0.2, -0.15) is 0 Å². The van der Waals surface area contributed by atoms with E-state index in [9.17, 15) is 4.79 Å². The first-order valence-corrected chi connectivity index (χ1v) is 8.55. The van der Waals surface area contributed by atoms with Crippen LogP contribution in [-0.4, -0.2) is 45.2 Å². The molecule has 0 aliphatic heterocycles. The highest BCUT2D eigenvalue weighted by atomic mass is 16.5. The van der Waals surface area contributed by atoms with Crippen LogP contribution in [0.1, 0.15) is 38.4 Å². The van der Waals surface area contributed by atoms with Crippen LogP contribution < -0.4 is 16.0 Å². The molecule has 0 aromatic heterocycles. The second-order valence-electron chi connectivity index (χ2n) is 5.48. The predicted octanol–water partition coefficient (Wildman–Crippen LogP) is 1.85. The predicted molar refractivity (Wildman–Crippen MR) is 98.1 cm³/mol. The lowest BCUT2D eigenvalue weighted by molar-refractivity contribution is -0.120. The number of hydrogen-bond donors (Lipinski definition) is 3. The number of nitrogens with one attached hydrogen (secondary N) is 3. The van der Waals surface area contributed by atoms with Gasteiger partial charge >= 0.3 is 0 Å². The van der Waals surface area contributed by atoms with Crippen LogP contribution in [-0.2, 0) is 9.53 Å². The van der Waals surface area contributed by atoms with Gasteiger partial charge in [0, 0.05) is 26.7 Å². The topological polar surface area (TPSA) is 74.8 Å². The molecule has 0 heterocycles. The van der Waals surface area contributed by atoms with E-state index in [0.717, 1.165) is 19.4 Å². The van der Waals surface area contributed by atoms with E-state index in [1.54, 1.807) is 7.05 Å². The Morgan fingerprint density at radius 3 is 2.58 bits per heavy atom. The molecule has 134 valence electrons. The first-order chi connectivity index (χ1) is 11.7. The van der Waals surface area contributed by atoms with Gasteiger partial charge in [0.05, 0.1) is 12.6 Å². The quantitative estimate of drug-likeness (QED) is 0.347. The van der Waals surface area contributed by atoms with Crippen LogP contribution in [0.25, 0.3) is 0 Å². The molecule has 24 heavy (non-hydrogen) atoms. The van der Waals surface area contributed by atoms with E-state index in [0.29, 0.717) is 19.1 Å². The number of hydrogen-bond acceptors (Lipinski definition) is 3. The van der Waals surface area contributed by atoms with Gasteiger partial charge in [0.15, 0.2) is 5.96 Å². The SMILES string of the molecule is CCCNC(=O)CNC(=NC)NCCCOC(C)c1ccccc1. The molecule has 0 radical (unpaired) electrons. The van der Waals surface area contributed by atoms with E-state index in [2.05, 4.69) is 40.0 Å². The number of aliphatic imine (C=N–C) groups is 1. The number of amides is 1. The Balaban J connectivity index is 2.13. The second-order valence-corrected chi connectivity index (χ2v) is 5.48. The standard InChI is InChI=1S/C18H30N4O2/c1-4-11-20-17(23)14-22-18(19-3)21-12-8-13-24-15(2)16-9-6-5-7-10-16/h5-7,9-10,15H,4,8,11-14H2,1-3H3,(H,20,23)(H2,19,21,22). The zero-order chi connectivity index (χ0) is 17.6. The fourth-order valence-corrected chi connectivity index (χ4v) is 2.07. The summed E-state index contributed by atoms with van der Waals surface area (Å²) in [4.78, 5) is 15.6. The molecule has 1 unspecified atom stereocenters. The van der Waals surface area contributed by atoms with E-state index < -0.39 is 0 Å². The minimum Gasteiger partial charge on any atom is -0.374 e. The van der Waals surface area contributed by atoms with E-state index in [1.165, 1.54) is 5.56 Å². The third kappa shape index (κ3) is 8.53. The molecule has 0 bridgehead atoms. The fraction of sp³-hybridized carbons (Fsp3) is 0.556. The van der Waals surface area contributed by atoms with Crippen LogP contribution in [0.5, 0.6) is 0 Å². The summed E-state index contributed by atoms with van der Waals surface area (Å²) >= 11 is 0. The largest absolute Gasteiger partial charge is 0.374 e. The van der Waals surface area contributed by atoms with Crippen molar-refractivity contribution < 1.29 is 9.53 Å². The monoisotopic (exact) mass is 334 g/mol. The van der Waals surface area contributed by atoms with Crippen molar-refractivity contribution >= 4 is 11.9 Å². The zero-order valence-electron chi connectivity index (χ0n) is 15.0. The first kappa shape index (κ1) is 20.0. The van der Waals surface area contributed by atoms with Crippen molar-refractivity contribution in [1.82, 2.24) is 16.0 Å². The molecular formula is C18H30N4O2. The van der Waals surface area contributed by atoms with E-state index >= 15 is 0 Å². The first-order valence-electron chi connectivity index (χ1n) is 8.55. The average molecular weight is 334 g/mol. The van der Waals surface area contributed by atoms with Crippen LogP contribution in [0.4, 0.5) is 0 Å². The van der Waals surface area contributed by atoms with Crippen molar-refractivity contribution in [1.29, 1.82) is 0 Å². The maximum Gasteiger partial charge on any atom is 0.239 e. The molecule has 1 aromatic rings. The van der Waals surface area contributed by atoms with Gasteiger partial charge in [-0.25, -0.2) is 0 Å². The highest BCUT2D eigenvalue weighted by molar-refractivity contribution is 5.86. The van der Waals surface area contributed by atoms with Gasteiger partial charge in [0.25, 0.3) is 0 Å². The highest BCUT2D eigenvalue weighted by Crippen LogP contribution is 2.15. The summed E-state index contributed by atoms with van der Waals surface area (Å²) in [5.74, 6) is 0.595. The summed E-state index contributed by atoms with van der Waals surface area (Å²) < 4.78 is 5.82. The molecule has 6 heteroatoms. The number of ether oxygens (including phenoxy) is 1. The van der Waals surface area contributed by atoms with Crippen molar-refractivity contribution in [2.24, 2.45) is 4.99 Å². The number of guanidine groups is 1. The van der Waals surface area contributed by atoms with Crippen LogP contribution in [0, 0.1) is 0 Å². The molecule has 0 saturated heterocycles. The lowest BCUT2D eigenvalue weighted by atomic mass is 10.1. The van der Waals surface area contributed by atoms with Gasteiger partial charge in [0.2, 0.25) is 5.91 Å². The molecule has 1 atom stereocenters. The summed E-state index contributed by atoms with van der Waals surface area (Å²) in [6.45, 7) is 6.40. The molecule has 0 fully saturated rings. The van der Waals surface area contributed by atoms with Crippen LogP contribution >= 0.6 is 0 Å².